The lowest BCUT2D eigenvalue weighted by Crippen LogP contribution is -2.31. The summed E-state index contributed by atoms with van der Waals surface area (Å²) in [6.45, 7) is 1.67. The molecule has 1 aliphatic rings. The van der Waals surface area contributed by atoms with Crippen LogP contribution < -0.4 is 14.8 Å². The molecular formula is C32H34F3N3O3. The molecule has 1 saturated heterocycles. The highest BCUT2D eigenvalue weighted by Crippen LogP contribution is 2.42. The summed E-state index contributed by atoms with van der Waals surface area (Å²) < 4.78 is 53.4. The van der Waals surface area contributed by atoms with E-state index in [1.165, 1.54) is 20.6 Å². The molecule has 2 unspecified atom stereocenters. The first-order chi connectivity index (χ1) is 19.8. The lowest BCUT2D eigenvalue weighted by Gasteiger charge is -2.19. The van der Waals surface area contributed by atoms with E-state index in [1.54, 1.807) is 48.5 Å². The highest BCUT2D eigenvalue weighted by atomic mass is 19.3. The molecule has 0 aliphatic carbocycles. The molecule has 5 rings (SSSR count). The number of aromatic amines is 1. The Morgan fingerprint density at radius 2 is 1.76 bits per heavy atom. The number of carbonyl (C=O) groups excluding carboxylic acids is 1. The lowest BCUT2D eigenvalue weighted by atomic mass is 9.97. The Kier molecular flexibility index (Phi) is 8.54. The van der Waals surface area contributed by atoms with Gasteiger partial charge in [0.1, 0.15) is 0 Å². The molecule has 2 atom stereocenters. The van der Waals surface area contributed by atoms with Gasteiger partial charge in [0.05, 0.1) is 19.9 Å². The van der Waals surface area contributed by atoms with Crippen LogP contribution in [0.25, 0.3) is 33.3 Å². The number of fused-ring (bicyclic) bond motifs is 1. The Bertz CT molecular complexity index is 1540. The molecule has 4 aromatic rings. The van der Waals surface area contributed by atoms with E-state index in [4.69, 9.17) is 9.47 Å². The van der Waals surface area contributed by atoms with Crippen molar-refractivity contribution in [1.29, 1.82) is 0 Å². The number of ether oxygens (including phenoxy) is 2. The Morgan fingerprint density at radius 1 is 1.00 bits per heavy atom. The van der Waals surface area contributed by atoms with Crippen molar-refractivity contribution < 1.29 is 27.4 Å². The minimum Gasteiger partial charge on any atom is -0.493 e. The molecule has 1 aromatic heterocycles. The monoisotopic (exact) mass is 565 g/mol. The lowest BCUT2D eigenvalue weighted by molar-refractivity contribution is 0.0506. The van der Waals surface area contributed by atoms with Crippen LogP contribution in [0.5, 0.6) is 11.5 Å². The number of methoxy groups -OCH3 is 2. The second-order valence-electron chi connectivity index (χ2n) is 10.4. The molecule has 1 amide bonds. The number of amides is 1. The number of nitrogens with zero attached hydrogens (tertiary/aromatic N) is 1. The number of halogens is 3. The number of likely N-dealkylation sites (tertiary alicyclic amines) is 1. The number of alkyl halides is 3. The number of hydrogen-bond acceptors (Lipinski definition) is 4. The summed E-state index contributed by atoms with van der Waals surface area (Å²) in [5, 5.41) is 3.35. The van der Waals surface area contributed by atoms with Crippen molar-refractivity contribution >= 4 is 16.8 Å². The van der Waals surface area contributed by atoms with Gasteiger partial charge in [-0.3, -0.25) is 4.79 Å². The third-order valence-electron chi connectivity index (χ3n) is 7.90. The summed E-state index contributed by atoms with van der Waals surface area (Å²) in [5.74, 6) is 0.693. The maximum atomic E-state index is 15.2. The minimum atomic E-state index is -3.22. The van der Waals surface area contributed by atoms with Crippen LogP contribution in [-0.4, -0.2) is 62.6 Å². The van der Waals surface area contributed by atoms with Crippen molar-refractivity contribution in [1.82, 2.24) is 15.2 Å². The van der Waals surface area contributed by atoms with Crippen molar-refractivity contribution in [2.75, 3.05) is 34.4 Å². The molecule has 0 bridgehead atoms. The molecular weight excluding hydrogens is 531 g/mol. The van der Waals surface area contributed by atoms with Crippen molar-refractivity contribution in [2.24, 2.45) is 0 Å². The molecule has 2 N–H and O–H groups in total. The zero-order valence-corrected chi connectivity index (χ0v) is 23.3. The number of benzene rings is 3. The quantitative estimate of drug-likeness (QED) is 0.217. The highest BCUT2D eigenvalue weighted by molar-refractivity contribution is 5.97. The van der Waals surface area contributed by atoms with E-state index in [0.717, 1.165) is 24.9 Å². The summed E-state index contributed by atoms with van der Waals surface area (Å²) in [5.41, 5.74) is 3.02. The van der Waals surface area contributed by atoms with Crippen molar-refractivity contribution in [2.45, 2.75) is 37.9 Å². The third kappa shape index (κ3) is 5.91. The van der Waals surface area contributed by atoms with Gasteiger partial charge in [0, 0.05) is 40.2 Å². The first-order valence-corrected chi connectivity index (χ1v) is 13.7. The van der Waals surface area contributed by atoms with Crippen molar-refractivity contribution in [3.05, 3.63) is 71.8 Å². The van der Waals surface area contributed by atoms with Gasteiger partial charge in [-0.1, -0.05) is 18.2 Å². The molecule has 9 heteroatoms. The Morgan fingerprint density at radius 3 is 2.46 bits per heavy atom. The summed E-state index contributed by atoms with van der Waals surface area (Å²) in [6.07, 6.45) is -2.51. The van der Waals surface area contributed by atoms with E-state index in [-0.39, 0.29) is 17.2 Å². The summed E-state index contributed by atoms with van der Waals surface area (Å²) in [6, 6.07) is 17.8. The molecule has 1 fully saturated rings. The maximum absolute atomic E-state index is 15.2. The number of H-pyrrole nitrogens is 1. The maximum Gasteiger partial charge on any atom is 0.273 e. The van der Waals surface area contributed by atoms with Gasteiger partial charge in [0.15, 0.2) is 17.7 Å². The van der Waals surface area contributed by atoms with Crippen LogP contribution >= 0.6 is 0 Å². The number of carbonyl (C=O) groups is 1. The van der Waals surface area contributed by atoms with Crippen LogP contribution in [0.3, 0.4) is 0 Å². The van der Waals surface area contributed by atoms with E-state index >= 15 is 4.39 Å². The topological polar surface area (TPSA) is 66.6 Å². The van der Waals surface area contributed by atoms with Crippen molar-refractivity contribution in [3.63, 3.8) is 0 Å². The third-order valence-corrected chi connectivity index (χ3v) is 7.90. The van der Waals surface area contributed by atoms with Gasteiger partial charge in [-0.2, -0.15) is 0 Å². The van der Waals surface area contributed by atoms with Crippen LogP contribution in [0.4, 0.5) is 13.2 Å². The minimum absolute atomic E-state index is 0.130. The SMILES string of the molecule is COc1ccc(-c2[nH]c3ccc(-c4cccc(C(=O)NCCC5CCCN5C)c4)cc3c2C(F)C(F)F)cc1OC. The van der Waals surface area contributed by atoms with Crippen LogP contribution in [0.2, 0.25) is 0 Å². The molecule has 2 heterocycles. The van der Waals surface area contributed by atoms with Gasteiger partial charge >= 0.3 is 0 Å². The van der Waals surface area contributed by atoms with Crippen molar-refractivity contribution in [3.8, 4) is 33.9 Å². The Labute approximate surface area is 237 Å². The zero-order valence-electron chi connectivity index (χ0n) is 23.3. The average molecular weight is 566 g/mol. The molecule has 3 aromatic carbocycles. The fraction of sp³-hybridized carbons (Fsp3) is 0.344. The van der Waals surface area contributed by atoms with E-state index < -0.39 is 12.6 Å². The fourth-order valence-electron chi connectivity index (χ4n) is 5.66. The van der Waals surface area contributed by atoms with E-state index in [2.05, 4.69) is 22.2 Å². The van der Waals surface area contributed by atoms with Gasteiger partial charge in [-0.15, -0.1) is 0 Å². The second-order valence-corrected chi connectivity index (χ2v) is 10.4. The zero-order chi connectivity index (χ0) is 29.1. The van der Waals surface area contributed by atoms with Crippen LogP contribution in [0.15, 0.2) is 60.7 Å². The number of hydrogen-bond donors (Lipinski definition) is 2. The Balaban J connectivity index is 1.46. The average Bonchev–Trinajstić information content (AvgIpc) is 3.58. The predicted molar refractivity (Wildman–Crippen MR) is 155 cm³/mol. The molecule has 41 heavy (non-hydrogen) atoms. The van der Waals surface area contributed by atoms with Gasteiger partial charge in [0.25, 0.3) is 12.3 Å². The summed E-state index contributed by atoms with van der Waals surface area (Å²) in [4.78, 5) is 18.3. The fourth-order valence-corrected chi connectivity index (χ4v) is 5.66. The Hall–Kier alpha value is -3.98. The smallest absolute Gasteiger partial charge is 0.273 e. The second kappa shape index (κ2) is 12.3. The summed E-state index contributed by atoms with van der Waals surface area (Å²) in [7, 11) is 5.08. The molecule has 216 valence electrons. The standard InChI is InChI=1S/C32H34F3N3O3/c1-38-15-5-8-23(38)13-14-36-32(39)22-7-4-6-19(16-22)20-9-11-25-24(17-20)28(29(33)31(34)35)30(37-25)21-10-12-26(40-2)27(18-21)41-3/h4,6-7,9-12,16-18,23,29,31,37H,5,8,13-15H2,1-3H3,(H,36,39). The van der Waals surface area contributed by atoms with E-state index in [0.29, 0.717) is 51.7 Å². The summed E-state index contributed by atoms with van der Waals surface area (Å²) >= 11 is 0. The first-order valence-electron chi connectivity index (χ1n) is 13.7. The predicted octanol–water partition coefficient (Wildman–Crippen LogP) is 7.01. The van der Waals surface area contributed by atoms with Gasteiger partial charge in [-0.05, 0) is 86.4 Å². The van der Waals surface area contributed by atoms with Crippen LogP contribution in [0, 0.1) is 0 Å². The first kappa shape index (κ1) is 28.5. The normalized spacial score (nSPS) is 16.3. The highest BCUT2D eigenvalue weighted by Gasteiger charge is 2.29. The van der Waals surface area contributed by atoms with Gasteiger partial charge in [-0.25, -0.2) is 13.2 Å². The molecule has 1 aliphatic heterocycles. The van der Waals surface area contributed by atoms with Crippen LogP contribution in [0.1, 0.15) is 41.4 Å². The van der Waals surface area contributed by atoms with Gasteiger partial charge in [0.2, 0.25) is 0 Å². The molecule has 6 nitrogen and oxygen atoms in total. The van der Waals surface area contributed by atoms with E-state index in [9.17, 15) is 13.6 Å². The van der Waals surface area contributed by atoms with Crippen LogP contribution in [-0.2, 0) is 0 Å². The molecule has 0 saturated carbocycles. The number of rotatable bonds is 10. The molecule has 0 spiro atoms. The van der Waals surface area contributed by atoms with E-state index in [1.807, 2.05) is 12.1 Å². The largest absolute Gasteiger partial charge is 0.493 e. The number of aromatic nitrogens is 1. The number of nitrogens with one attached hydrogen (secondary N) is 2. The van der Waals surface area contributed by atoms with Gasteiger partial charge < -0.3 is 24.7 Å². The molecule has 0 radical (unpaired) electrons.